The van der Waals surface area contributed by atoms with Gasteiger partial charge in [0, 0.05) is 28.6 Å². The van der Waals surface area contributed by atoms with Gasteiger partial charge in [0.05, 0.1) is 7.11 Å². The van der Waals surface area contributed by atoms with E-state index in [1.165, 1.54) is 0 Å². The second kappa shape index (κ2) is 9.37. The van der Waals surface area contributed by atoms with Crippen molar-refractivity contribution in [3.8, 4) is 5.75 Å². The maximum Gasteiger partial charge on any atom is 0.329 e. The Morgan fingerprint density at radius 3 is 2.32 bits per heavy atom. The Bertz CT molecular complexity index is 971. The summed E-state index contributed by atoms with van der Waals surface area (Å²) >= 11 is 0. The third kappa shape index (κ3) is 5.16. The van der Waals surface area contributed by atoms with Crippen LogP contribution in [0.2, 0.25) is 0 Å². The smallest absolute Gasteiger partial charge is 0.329 e. The number of amides is 1. The van der Waals surface area contributed by atoms with Crippen molar-refractivity contribution in [1.29, 1.82) is 0 Å². The van der Waals surface area contributed by atoms with Crippen LogP contribution in [0.1, 0.15) is 64.8 Å². The molecule has 0 bridgehead atoms. The monoisotopic (exact) mass is 426 g/mol. The summed E-state index contributed by atoms with van der Waals surface area (Å²) in [5, 5.41) is 2.71. The molecule has 1 atom stereocenters. The van der Waals surface area contributed by atoms with E-state index in [2.05, 4.69) is 9.88 Å². The highest BCUT2D eigenvalue weighted by Crippen LogP contribution is 2.38. The number of carbonyl (C=O) groups excluding carboxylic acids is 3. The minimum Gasteiger partial charge on any atom is -0.497 e. The van der Waals surface area contributed by atoms with E-state index < -0.39 is 17.9 Å². The standard InChI is InChI=1S/C24H30N2O5/c1-14(2)22(25-23(28)17-6-10-19(30-5)11-7-17)24(29)31-13-21(27)20-12-15(3)26(16(20)4)18-8-9-18/h6-7,10-12,14,18,22H,8-9,13H2,1-5H3,(H,25,28)/t22-/m0/s1. The first-order chi connectivity index (χ1) is 14.7. The van der Waals surface area contributed by atoms with Crippen LogP contribution in [-0.4, -0.2) is 42.0 Å². The summed E-state index contributed by atoms with van der Waals surface area (Å²) in [6, 6.07) is 8.06. The summed E-state index contributed by atoms with van der Waals surface area (Å²) in [7, 11) is 1.55. The van der Waals surface area contributed by atoms with Gasteiger partial charge in [0.15, 0.2) is 6.61 Å². The first-order valence-electron chi connectivity index (χ1n) is 10.6. The van der Waals surface area contributed by atoms with Gasteiger partial charge in [-0.05, 0) is 62.9 Å². The third-order valence-corrected chi connectivity index (χ3v) is 5.60. The minimum absolute atomic E-state index is 0.204. The highest BCUT2D eigenvalue weighted by atomic mass is 16.5. The normalized spacial score (nSPS) is 14.3. The van der Waals surface area contributed by atoms with E-state index in [-0.39, 0.29) is 18.3 Å². The van der Waals surface area contributed by atoms with Crippen molar-refractivity contribution in [3.05, 3.63) is 52.8 Å². The topological polar surface area (TPSA) is 86.6 Å². The molecule has 7 heteroatoms. The van der Waals surface area contributed by atoms with E-state index in [0.717, 1.165) is 24.2 Å². The molecule has 2 aromatic rings. The van der Waals surface area contributed by atoms with Gasteiger partial charge >= 0.3 is 5.97 Å². The predicted octanol–water partition coefficient (Wildman–Crippen LogP) is 3.63. The average Bonchev–Trinajstić information content (AvgIpc) is 3.53. The fourth-order valence-electron chi connectivity index (χ4n) is 3.72. The number of esters is 1. The fourth-order valence-corrected chi connectivity index (χ4v) is 3.72. The summed E-state index contributed by atoms with van der Waals surface area (Å²) in [6.07, 6.45) is 2.26. The van der Waals surface area contributed by atoms with Gasteiger partial charge in [-0.15, -0.1) is 0 Å². The molecule has 1 aliphatic rings. The molecule has 31 heavy (non-hydrogen) atoms. The number of aryl methyl sites for hydroxylation is 1. The molecule has 7 nitrogen and oxygen atoms in total. The Balaban J connectivity index is 1.62. The number of aromatic nitrogens is 1. The van der Waals surface area contributed by atoms with Crippen LogP contribution in [0.15, 0.2) is 30.3 Å². The van der Waals surface area contributed by atoms with Gasteiger partial charge in [0.1, 0.15) is 11.8 Å². The first-order valence-corrected chi connectivity index (χ1v) is 10.6. The van der Waals surface area contributed by atoms with Gasteiger partial charge in [-0.1, -0.05) is 13.8 Å². The molecule has 1 fully saturated rings. The lowest BCUT2D eigenvalue weighted by atomic mass is 10.0. The molecule has 3 rings (SSSR count). The number of hydrogen-bond acceptors (Lipinski definition) is 5. The van der Waals surface area contributed by atoms with Crippen LogP contribution in [0.4, 0.5) is 0 Å². The molecule has 1 amide bonds. The van der Waals surface area contributed by atoms with E-state index in [0.29, 0.717) is 22.9 Å². The average molecular weight is 427 g/mol. The summed E-state index contributed by atoms with van der Waals surface area (Å²) < 4.78 is 12.6. The van der Waals surface area contributed by atoms with Crippen molar-refractivity contribution in [2.45, 2.75) is 52.6 Å². The molecule has 0 spiro atoms. The third-order valence-electron chi connectivity index (χ3n) is 5.60. The number of methoxy groups -OCH3 is 1. The largest absolute Gasteiger partial charge is 0.497 e. The van der Waals surface area contributed by atoms with Crippen LogP contribution in [0, 0.1) is 19.8 Å². The van der Waals surface area contributed by atoms with Crippen LogP contribution in [0.25, 0.3) is 0 Å². The number of rotatable bonds is 9. The molecule has 0 radical (unpaired) electrons. The zero-order chi connectivity index (χ0) is 22.7. The van der Waals surface area contributed by atoms with Crippen LogP contribution in [0.5, 0.6) is 5.75 Å². The molecule has 1 aromatic heterocycles. The number of nitrogens with zero attached hydrogens (tertiary/aromatic N) is 1. The number of ether oxygens (including phenoxy) is 2. The van der Waals surface area contributed by atoms with Crippen LogP contribution in [0.3, 0.4) is 0 Å². The van der Waals surface area contributed by atoms with E-state index in [4.69, 9.17) is 9.47 Å². The van der Waals surface area contributed by atoms with Gasteiger partial charge in [-0.25, -0.2) is 4.79 Å². The number of carbonyl (C=O) groups is 3. The summed E-state index contributed by atoms with van der Waals surface area (Å²) in [4.78, 5) is 37.9. The second-order valence-electron chi connectivity index (χ2n) is 8.34. The van der Waals surface area contributed by atoms with E-state index in [1.54, 1.807) is 31.4 Å². The van der Waals surface area contributed by atoms with Gasteiger partial charge in [-0.3, -0.25) is 9.59 Å². The molecule has 1 aliphatic carbocycles. The summed E-state index contributed by atoms with van der Waals surface area (Å²) in [6.45, 7) is 7.18. The molecule has 1 aromatic carbocycles. The Morgan fingerprint density at radius 1 is 1.13 bits per heavy atom. The quantitative estimate of drug-likeness (QED) is 0.489. The lowest BCUT2D eigenvalue weighted by Gasteiger charge is -2.20. The lowest BCUT2D eigenvalue weighted by Crippen LogP contribution is -2.45. The van der Waals surface area contributed by atoms with E-state index in [1.807, 2.05) is 33.8 Å². The Labute approximate surface area is 182 Å². The Kier molecular flexibility index (Phi) is 6.83. The number of ketones is 1. The fraction of sp³-hybridized carbons (Fsp3) is 0.458. The minimum atomic E-state index is -0.860. The number of nitrogens with one attached hydrogen (secondary N) is 1. The first kappa shape index (κ1) is 22.6. The van der Waals surface area contributed by atoms with Crippen LogP contribution in [-0.2, 0) is 9.53 Å². The molecule has 1 heterocycles. The van der Waals surface area contributed by atoms with Crippen molar-refractivity contribution in [1.82, 2.24) is 9.88 Å². The SMILES string of the molecule is COc1ccc(C(=O)N[C@H](C(=O)OCC(=O)c2cc(C)n(C3CC3)c2C)C(C)C)cc1. The van der Waals surface area contributed by atoms with Crippen molar-refractivity contribution in [2.24, 2.45) is 5.92 Å². The maximum absolute atomic E-state index is 12.7. The van der Waals surface area contributed by atoms with E-state index in [9.17, 15) is 14.4 Å². The molecule has 166 valence electrons. The number of hydrogen-bond donors (Lipinski definition) is 1. The molecule has 1 N–H and O–H groups in total. The predicted molar refractivity (Wildman–Crippen MR) is 117 cm³/mol. The van der Waals surface area contributed by atoms with Crippen molar-refractivity contribution in [2.75, 3.05) is 13.7 Å². The Morgan fingerprint density at radius 2 is 1.77 bits per heavy atom. The van der Waals surface area contributed by atoms with Gasteiger partial charge in [0.2, 0.25) is 5.78 Å². The number of Topliss-reactive ketones (excluding diaryl/α,β-unsaturated/α-hetero) is 1. The van der Waals surface area contributed by atoms with Gasteiger partial charge in [-0.2, -0.15) is 0 Å². The zero-order valence-corrected chi connectivity index (χ0v) is 18.7. The van der Waals surface area contributed by atoms with Crippen molar-refractivity contribution >= 4 is 17.7 Å². The Hall–Kier alpha value is -3.09. The van der Waals surface area contributed by atoms with Crippen molar-refractivity contribution in [3.63, 3.8) is 0 Å². The highest BCUT2D eigenvalue weighted by molar-refractivity contribution is 6.00. The van der Waals surface area contributed by atoms with Crippen LogP contribution < -0.4 is 10.1 Å². The van der Waals surface area contributed by atoms with E-state index >= 15 is 0 Å². The molecule has 0 saturated heterocycles. The summed E-state index contributed by atoms with van der Waals surface area (Å²) in [5.41, 5.74) is 2.94. The molecule has 0 unspecified atom stereocenters. The maximum atomic E-state index is 12.7. The van der Waals surface area contributed by atoms with Crippen molar-refractivity contribution < 1.29 is 23.9 Å². The lowest BCUT2D eigenvalue weighted by molar-refractivity contribution is -0.145. The molecular weight excluding hydrogens is 396 g/mol. The summed E-state index contributed by atoms with van der Waals surface area (Å²) in [5.74, 6) is -0.822. The van der Waals surface area contributed by atoms with Gasteiger partial charge < -0.3 is 19.4 Å². The zero-order valence-electron chi connectivity index (χ0n) is 18.7. The van der Waals surface area contributed by atoms with Crippen LogP contribution >= 0.6 is 0 Å². The molecule has 1 saturated carbocycles. The van der Waals surface area contributed by atoms with Gasteiger partial charge in [0.25, 0.3) is 5.91 Å². The second-order valence-corrected chi connectivity index (χ2v) is 8.34. The molecular formula is C24H30N2O5. The number of benzene rings is 1. The highest BCUT2D eigenvalue weighted by Gasteiger charge is 2.30. The molecule has 0 aliphatic heterocycles.